The molecule has 1 fully saturated rings. The second-order valence-corrected chi connectivity index (χ2v) is 5.42. The molecule has 5 heteroatoms. The minimum Gasteiger partial charge on any atom is -0.306 e. The summed E-state index contributed by atoms with van der Waals surface area (Å²) >= 11 is 1.47. The zero-order chi connectivity index (χ0) is 12.1. The highest BCUT2D eigenvalue weighted by Crippen LogP contribution is 2.17. The maximum Gasteiger partial charge on any atom is 0.240 e. The predicted molar refractivity (Wildman–Crippen MR) is 70.4 cm³/mol. The fourth-order valence-corrected chi connectivity index (χ4v) is 2.82. The van der Waals surface area contributed by atoms with Gasteiger partial charge in [0.15, 0.2) is 5.13 Å². The molecular formula is C12H19N3OS. The SMILES string of the molecule is Cc1csc(NC(=O)CNC2CCCCC2)n1. The Morgan fingerprint density at radius 3 is 2.88 bits per heavy atom. The Kier molecular flexibility index (Phi) is 4.50. The highest BCUT2D eigenvalue weighted by Gasteiger charge is 2.14. The second-order valence-electron chi connectivity index (χ2n) is 4.56. The van der Waals surface area contributed by atoms with Crippen molar-refractivity contribution < 1.29 is 4.79 Å². The van der Waals surface area contributed by atoms with Crippen LogP contribution in [0.1, 0.15) is 37.8 Å². The molecule has 4 nitrogen and oxygen atoms in total. The van der Waals surface area contributed by atoms with Gasteiger partial charge in [-0.05, 0) is 19.8 Å². The Labute approximate surface area is 106 Å². The molecule has 0 unspecified atom stereocenters. The fraction of sp³-hybridized carbons (Fsp3) is 0.667. The lowest BCUT2D eigenvalue weighted by Crippen LogP contribution is -2.37. The van der Waals surface area contributed by atoms with Crippen molar-refractivity contribution in [3.63, 3.8) is 0 Å². The van der Waals surface area contributed by atoms with E-state index in [0.29, 0.717) is 17.7 Å². The largest absolute Gasteiger partial charge is 0.306 e. The van der Waals surface area contributed by atoms with Gasteiger partial charge in [0.25, 0.3) is 0 Å². The maximum atomic E-state index is 11.7. The molecule has 1 saturated carbocycles. The van der Waals surface area contributed by atoms with Crippen molar-refractivity contribution >= 4 is 22.4 Å². The van der Waals surface area contributed by atoms with Gasteiger partial charge in [0.2, 0.25) is 5.91 Å². The van der Waals surface area contributed by atoms with Crippen LogP contribution in [0.15, 0.2) is 5.38 Å². The Morgan fingerprint density at radius 2 is 2.24 bits per heavy atom. The third-order valence-electron chi connectivity index (χ3n) is 3.02. The van der Waals surface area contributed by atoms with E-state index in [0.717, 1.165) is 5.69 Å². The summed E-state index contributed by atoms with van der Waals surface area (Å²) in [5.74, 6) is 0.00456. The number of nitrogens with zero attached hydrogens (tertiary/aromatic N) is 1. The quantitative estimate of drug-likeness (QED) is 0.866. The highest BCUT2D eigenvalue weighted by atomic mass is 32.1. The molecule has 1 aromatic rings. The van der Waals surface area contributed by atoms with E-state index in [1.54, 1.807) is 0 Å². The molecule has 2 rings (SSSR count). The predicted octanol–water partition coefficient (Wildman–Crippen LogP) is 2.31. The molecule has 1 aliphatic carbocycles. The summed E-state index contributed by atoms with van der Waals surface area (Å²) in [6.07, 6.45) is 6.30. The molecule has 1 amide bonds. The minimum atomic E-state index is 0.00456. The lowest BCUT2D eigenvalue weighted by atomic mass is 9.95. The smallest absolute Gasteiger partial charge is 0.240 e. The van der Waals surface area contributed by atoms with E-state index >= 15 is 0 Å². The van der Waals surface area contributed by atoms with Crippen molar-refractivity contribution in [3.05, 3.63) is 11.1 Å². The molecule has 0 atom stereocenters. The standard InChI is InChI=1S/C12H19N3OS/c1-9-8-17-12(14-9)15-11(16)7-13-10-5-3-2-4-6-10/h8,10,13H,2-7H2,1H3,(H,14,15,16). The first-order chi connectivity index (χ1) is 8.24. The molecule has 17 heavy (non-hydrogen) atoms. The third kappa shape index (κ3) is 4.09. The number of nitrogens with one attached hydrogen (secondary N) is 2. The van der Waals surface area contributed by atoms with Gasteiger partial charge < -0.3 is 10.6 Å². The van der Waals surface area contributed by atoms with Gasteiger partial charge >= 0.3 is 0 Å². The number of aryl methyl sites for hydroxylation is 1. The van der Waals surface area contributed by atoms with Crippen molar-refractivity contribution in [2.24, 2.45) is 0 Å². The van der Waals surface area contributed by atoms with E-state index in [2.05, 4.69) is 15.6 Å². The molecular weight excluding hydrogens is 234 g/mol. The van der Waals surface area contributed by atoms with Gasteiger partial charge in [0.1, 0.15) is 0 Å². The summed E-state index contributed by atoms with van der Waals surface area (Å²) in [4.78, 5) is 15.9. The number of amides is 1. The molecule has 0 aliphatic heterocycles. The number of thiazole rings is 1. The summed E-state index contributed by atoms with van der Waals surface area (Å²) in [5.41, 5.74) is 0.950. The Balaban J connectivity index is 1.70. The number of aromatic nitrogens is 1. The Hall–Kier alpha value is -0.940. The third-order valence-corrected chi connectivity index (χ3v) is 3.90. The molecule has 0 bridgehead atoms. The fourth-order valence-electron chi connectivity index (χ4n) is 2.12. The minimum absolute atomic E-state index is 0.00456. The van der Waals surface area contributed by atoms with E-state index in [1.807, 2.05) is 12.3 Å². The summed E-state index contributed by atoms with van der Waals surface area (Å²) in [6, 6.07) is 0.521. The number of hydrogen-bond donors (Lipinski definition) is 2. The van der Waals surface area contributed by atoms with Crippen molar-refractivity contribution in [3.8, 4) is 0 Å². The number of hydrogen-bond acceptors (Lipinski definition) is 4. The van der Waals surface area contributed by atoms with E-state index in [1.165, 1.54) is 43.4 Å². The van der Waals surface area contributed by atoms with Crippen molar-refractivity contribution in [2.45, 2.75) is 45.1 Å². The first-order valence-electron chi connectivity index (χ1n) is 6.19. The van der Waals surface area contributed by atoms with Crippen LogP contribution >= 0.6 is 11.3 Å². The summed E-state index contributed by atoms with van der Waals surface area (Å²) in [6.45, 7) is 2.32. The number of rotatable bonds is 4. The van der Waals surface area contributed by atoms with Gasteiger partial charge in [-0.25, -0.2) is 4.98 Å². The number of carbonyl (C=O) groups excluding carboxylic acids is 1. The molecule has 1 aromatic heterocycles. The van der Waals surface area contributed by atoms with Crippen LogP contribution in [0.5, 0.6) is 0 Å². The van der Waals surface area contributed by atoms with Crippen molar-refractivity contribution in [1.82, 2.24) is 10.3 Å². The lowest BCUT2D eigenvalue weighted by Gasteiger charge is -2.22. The lowest BCUT2D eigenvalue weighted by molar-refractivity contribution is -0.115. The Bertz CT molecular complexity index is 372. The average molecular weight is 253 g/mol. The molecule has 0 aromatic carbocycles. The first kappa shape index (κ1) is 12.5. The van der Waals surface area contributed by atoms with E-state index in [-0.39, 0.29) is 5.91 Å². The molecule has 0 spiro atoms. The molecule has 2 N–H and O–H groups in total. The molecule has 0 saturated heterocycles. The highest BCUT2D eigenvalue weighted by molar-refractivity contribution is 7.13. The van der Waals surface area contributed by atoms with Crippen LogP contribution in [0.2, 0.25) is 0 Å². The van der Waals surface area contributed by atoms with Crippen molar-refractivity contribution in [1.29, 1.82) is 0 Å². The topological polar surface area (TPSA) is 54.0 Å². The van der Waals surface area contributed by atoms with E-state index < -0.39 is 0 Å². The van der Waals surface area contributed by atoms with Crippen LogP contribution in [-0.2, 0) is 4.79 Å². The van der Waals surface area contributed by atoms with Crippen LogP contribution in [0.4, 0.5) is 5.13 Å². The molecule has 1 aliphatic rings. The van der Waals surface area contributed by atoms with Crippen LogP contribution < -0.4 is 10.6 Å². The first-order valence-corrected chi connectivity index (χ1v) is 7.07. The molecule has 1 heterocycles. The summed E-state index contributed by atoms with van der Waals surface area (Å²) in [7, 11) is 0. The van der Waals surface area contributed by atoms with Gasteiger partial charge in [-0.1, -0.05) is 19.3 Å². The normalized spacial score (nSPS) is 17.0. The molecule has 94 valence electrons. The van der Waals surface area contributed by atoms with Gasteiger partial charge in [-0.2, -0.15) is 0 Å². The van der Waals surface area contributed by atoms with E-state index in [9.17, 15) is 4.79 Å². The van der Waals surface area contributed by atoms with Crippen molar-refractivity contribution in [2.75, 3.05) is 11.9 Å². The zero-order valence-electron chi connectivity index (χ0n) is 10.2. The Morgan fingerprint density at radius 1 is 1.47 bits per heavy atom. The molecule has 0 radical (unpaired) electrons. The maximum absolute atomic E-state index is 11.7. The second kappa shape index (κ2) is 6.12. The number of carbonyl (C=O) groups is 1. The average Bonchev–Trinajstić information content (AvgIpc) is 2.73. The summed E-state index contributed by atoms with van der Waals surface area (Å²) < 4.78 is 0. The van der Waals surface area contributed by atoms with Crippen LogP contribution in [0, 0.1) is 6.92 Å². The summed E-state index contributed by atoms with van der Waals surface area (Å²) in [5, 5.41) is 8.75. The van der Waals surface area contributed by atoms with Gasteiger partial charge in [0, 0.05) is 11.4 Å². The van der Waals surface area contributed by atoms with Gasteiger partial charge in [-0.3, -0.25) is 4.79 Å². The number of anilines is 1. The monoisotopic (exact) mass is 253 g/mol. The van der Waals surface area contributed by atoms with Crippen LogP contribution in [0.3, 0.4) is 0 Å². The van der Waals surface area contributed by atoms with Crippen LogP contribution in [0.25, 0.3) is 0 Å². The van der Waals surface area contributed by atoms with Gasteiger partial charge in [0.05, 0.1) is 12.2 Å². The van der Waals surface area contributed by atoms with Gasteiger partial charge in [-0.15, -0.1) is 11.3 Å². The van der Waals surface area contributed by atoms with Crippen LogP contribution in [-0.4, -0.2) is 23.5 Å². The zero-order valence-corrected chi connectivity index (χ0v) is 11.0. The van der Waals surface area contributed by atoms with E-state index in [4.69, 9.17) is 0 Å².